The van der Waals surface area contributed by atoms with Gasteiger partial charge in [-0.1, -0.05) is 26.0 Å². The third kappa shape index (κ3) is 2.29. The fraction of sp³-hybridized carbons (Fsp3) is 0.417. The van der Waals surface area contributed by atoms with E-state index in [1.807, 2.05) is 6.07 Å². The Hall–Kier alpha value is -1.51. The van der Waals surface area contributed by atoms with E-state index in [2.05, 4.69) is 13.8 Å². The summed E-state index contributed by atoms with van der Waals surface area (Å²) in [7, 11) is 1.51. The van der Waals surface area contributed by atoms with Crippen molar-refractivity contribution in [3.63, 3.8) is 0 Å². The standard InChI is InChI=1S/C12H16O3/c1-4-8(2)9-6-5-7-10(12(13)14)11(9)15-3/h5-8H,4H2,1-3H3,(H,13,14). The van der Waals surface area contributed by atoms with Crippen LogP contribution in [0.2, 0.25) is 0 Å². The molecule has 1 aromatic carbocycles. The zero-order valence-corrected chi connectivity index (χ0v) is 9.28. The van der Waals surface area contributed by atoms with Crippen LogP contribution in [-0.2, 0) is 0 Å². The topological polar surface area (TPSA) is 46.5 Å². The van der Waals surface area contributed by atoms with Crippen LogP contribution in [0.3, 0.4) is 0 Å². The van der Waals surface area contributed by atoms with Gasteiger partial charge < -0.3 is 9.84 Å². The molecule has 0 aliphatic rings. The Morgan fingerprint density at radius 2 is 2.20 bits per heavy atom. The van der Waals surface area contributed by atoms with Crippen LogP contribution in [0.1, 0.15) is 42.1 Å². The van der Waals surface area contributed by atoms with Gasteiger partial charge in [0.1, 0.15) is 11.3 Å². The maximum atomic E-state index is 11.0. The molecule has 0 heterocycles. The lowest BCUT2D eigenvalue weighted by Crippen LogP contribution is -2.04. The van der Waals surface area contributed by atoms with E-state index in [1.54, 1.807) is 12.1 Å². The largest absolute Gasteiger partial charge is 0.496 e. The van der Waals surface area contributed by atoms with E-state index < -0.39 is 5.97 Å². The second-order valence-corrected chi connectivity index (χ2v) is 3.54. The van der Waals surface area contributed by atoms with Crippen molar-refractivity contribution in [3.05, 3.63) is 29.3 Å². The van der Waals surface area contributed by atoms with E-state index >= 15 is 0 Å². The number of hydrogen-bond acceptors (Lipinski definition) is 2. The van der Waals surface area contributed by atoms with Crippen LogP contribution >= 0.6 is 0 Å². The molecule has 1 N–H and O–H groups in total. The molecule has 3 nitrogen and oxygen atoms in total. The number of methoxy groups -OCH3 is 1. The van der Waals surface area contributed by atoms with Crippen molar-refractivity contribution in [2.75, 3.05) is 7.11 Å². The van der Waals surface area contributed by atoms with Crippen molar-refractivity contribution in [1.29, 1.82) is 0 Å². The van der Waals surface area contributed by atoms with Gasteiger partial charge in [-0.05, 0) is 24.0 Å². The first-order valence-corrected chi connectivity index (χ1v) is 5.02. The Bertz CT molecular complexity index is 358. The molecule has 1 rings (SSSR count). The van der Waals surface area contributed by atoms with Crippen LogP contribution in [0.5, 0.6) is 5.75 Å². The Kier molecular flexibility index (Phi) is 3.72. The van der Waals surface area contributed by atoms with E-state index in [9.17, 15) is 4.79 Å². The average Bonchev–Trinajstić information content (AvgIpc) is 2.26. The number of benzene rings is 1. The molecule has 0 amide bonds. The lowest BCUT2D eigenvalue weighted by molar-refractivity contribution is 0.0693. The molecule has 1 atom stereocenters. The van der Waals surface area contributed by atoms with E-state index in [4.69, 9.17) is 9.84 Å². The highest BCUT2D eigenvalue weighted by molar-refractivity contribution is 5.91. The Balaban J connectivity index is 3.28. The van der Waals surface area contributed by atoms with Gasteiger partial charge >= 0.3 is 5.97 Å². The summed E-state index contributed by atoms with van der Waals surface area (Å²) in [5, 5.41) is 9.00. The molecule has 0 aromatic heterocycles. The maximum Gasteiger partial charge on any atom is 0.339 e. The highest BCUT2D eigenvalue weighted by Gasteiger charge is 2.17. The highest BCUT2D eigenvalue weighted by Crippen LogP contribution is 2.31. The van der Waals surface area contributed by atoms with Gasteiger partial charge in [-0.2, -0.15) is 0 Å². The number of para-hydroxylation sites is 1. The van der Waals surface area contributed by atoms with Crippen LogP contribution in [0.15, 0.2) is 18.2 Å². The monoisotopic (exact) mass is 208 g/mol. The number of carboxylic acids is 1. The molecule has 0 saturated heterocycles. The summed E-state index contributed by atoms with van der Waals surface area (Å²) in [6.45, 7) is 4.13. The lowest BCUT2D eigenvalue weighted by Gasteiger charge is -2.15. The smallest absolute Gasteiger partial charge is 0.339 e. The number of ether oxygens (including phenoxy) is 1. The van der Waals surface area contributed by atoms with Crippen molar-refractivity contribution < 1.29 is 14.6 Å². The van der Waals surface area contributed by atoms with Gasteiger partial charge in [0.2, 0.25) is 0 Å². The quantitative estimate of drug-likeness (QED) is 0.827. The van der Waals surface area contributed by atoms with Crippen LogP contribution in [0.4, 0.5) is 0 Å². The van der Waals surface area contributed by atoms with Gasteiger partial charge in [0, 0.05) is 0 Å². The number of carboxylic acid groups (broad SMARTS) is 1. The molecule has 15 heavy (non-hydrogen) atoms. The minimum atomic E-state index is -0.947. The van der Waals surface area contributed by atoms with Crippen LogP contribution < -0.4 is 4.74 Å². The van der Waals surface area contributed by atoms with Gasteiger partial charge in [-0.15, -0.1) is 0 Å². The minimum absolute atomic E-state index is 0.232. The van der Waals surface area contributed by atoms with Crippen molar-refractivity contribution in [3.8, 4) is 5.75 Å². The number of hydrogen-bond donors (Lipinski definition) is 1. The average molecular weight is 208 g/mol. The van der Waals surface area contributed by atoms with Gasteiger partial charge in [-0.25, -0.2) is 4.79 Å². The minimum Gasteiger partial charge on any atom is -0.496 e. The van der Waals surface area contributed by atoms with Gasteiger partial charge in [0.05, 0.1) is 7.11 Å². The van der Waals surface area contributed by atoms with Gasteiger partial charge in [-0.3, -0.25) is 0 Å². The predicted molar refractivity (Wildman–Crippen MR) is 58.7 cm³/mol. The summed E-state index contributed by atoms with van der Waals surface area (Å²) in [6.07, 6.45) is 0.958. The second kappa shape index (κ2) is 4.82. The molecule has 82 valence electrons. The van der Waals surface area contributed by atoms with Gasteiger partial charge in [0.15, 0.2) is 0 Å². The number of rotatable bonds is 4. The predicted octanol–water partition coefficient (Wildman–Crippen LogP) is 2.91. The number of carbonyl (C=O) groups is 1. The van der Waals surface area contributed by atoms with Crippen LogP contribution in [-0.4, -0.2) is 18.2 Å². The summed E-state index contributed by atoms with van der Waals surface area (Å²) < 4.78 is 5.18. The van der Waals surface area contributed by atoms with Crippen molar-refractivity contribution in [1.82, 2.24) is 0 Å². The first kappa shape index (κ1) is 11.6. The fourth-order valence-corrected chi connectivity index (χ4v) is 1.56. The van der Waals surface area contributed by atoms with Crippen molar-refractivity contribution >= 4 is 5.97 Å². The van der Waals surface area contributed by atoms with Crippen LogP contribution in [0.25, 0.3) is 0 Å². The first-order valence-electron chi connectivity index (χ1n) is 5.02. The molecule has 3 heteroatoms. The summed E-state index contributed by atoms with van der Waals surface area (Å²) in [5.41, 5.74) is 1.19. The van der Waals surface area contributed by atoms with Gasteiger partial charge in [0.25, 0.3) is 0 Å². The molecule has 0 aliphatic heterocycles. The Morgan fingerprint density at radius 3 is 2.67 bits per heavy atom. The van der Waals surface area contributed by atoms with Crippen molar-refractivity contribution in [2.45, 2.75) is 26.2 Å². The fourth-order valence-electron chi connectivity index (χ4n) is 1.56. The maximum absolute atomic E-state index is 11.0. The third-order valence-electron chi connectivity index (χ3n) is 2.62. The summed E-state index contributed by atoms with van der Waals surface area (Å²) in [4.78, 5) is 11.0. The lowest BCUT2D eigenvalue weighted by atomic mass is 9.95. The molecule has 0 bridgehead atoms. The summed E-state index contributed by atoms with van der Waals surface area (Å²) in [6, 6.07) is 5.24. The normalized spacial score (nSPS) is 12.2. The Morgan fingerprint density at radius 1 is 1.53 bits per heavy atom. The van der Waals surface area contributed by atoms with Crippen molar-refractivity contribution in [2.24, 2.45) is 0 Å². The Labute approximate surface area is 89.7 Å². The molecule has 1 aromatic rings. The first-order chi connectivity index (χ1) is 7.11. The van der Waals surface area contributed by atoms with E-state index in [0.717, 1.165) is 12.0 Å². The molecular weight excluding hydrogens is 192 g/mol. The SMILES string of the molecule is CCC(C)c1cccc(C(=O)O)c1OC. The second-order valence-electron chi connectivity index (χ2n) is 3.54. The van der Waals surface area contributed by atoms with E-state index in [0.29, 0.717) is 11.7 Å². The molecule has 1 unspecified atom stereocenters. The summed E-state index contributed by atoms with van der Waals surface area (Å²) >= 11 is 0. The third-order valence-corrected chi connectivity index (χ3v) is 2.62. The molecule has 0 radical (unpaired) electrons. The molecule has 0 spiro atoms. The van der Waals surface area contributed by atoms with E-state index in [1.165, 1.54) is 7.11 Å². The molecule has 0 saturated carbocycles. The van der Waals surface area contributed by atoms with Crippen LogP contribution in [0, 0.1) is 0 Å². The zero-order chi connectivity index (χ0) is 11.4. The van der Waals surface area contributed by atoms with E-state index in [-0.39, 0.29) is 5.56 Å². The summed E-state index contributed by atoms with van der Waals surface area (Å²) in [5.74, 6) is -0.157. The zero-order valence-electron chi connectivity index (χ0n) is 9.28. The highest BCUT2D eigenvalue weighted by atomic mass is 16.5. The molecule has 0 fully saturated rings. The number of aromatic carboxylic acids is 1. The molecule has 0 aliphatic carbocycles. The molecular formula is C12H16O3.